The molecule has 4 aromatic rings. The maximum atomic E-state index is 13.1. The van der Waals surface area contributed by atoms with E-state index in [1.165, 1.54) is 33.9 Å². The molecule has 0 spiro atoms. The summed E-state index contributed by atoms with van der Waals surface area (Å²) in [7, 11) is 0. The predicted molar refractivity (Wildman–Crippen MR) is 147 cm³/mol. The van der Waals surface area contributed by atoms with Gasteiger partial charge in [0.2, 0.25) is 0 Å². The zero-order chi connectivity index (χ0) is 24.7. The van der Waals surface area contributed by atoms with Crippen LogP contribution in [0.25, 0.3) is 10.8 Å². The number of ether oxygens (including phenoxy) is 1. The van der Waals surface area contributed by atoms with Crippen LogP contribution in [-0.2, 0) is 9.53 Å². The molecule has 0 bridgehead atoms. The van der Waals surface area contributed by atoms with Crippen LogP contribution < -0.4 is 5.32 Å². The molecule has 4 aromatic carbocycles. The van der Waals surface area contributed by atoms with Gasteiger partial charge in [-0.25, -0.2) is 0 Å². The highest BCUT2D eigenvalue weighted by molar-refractivity contribution is 5.83. The predicted octanol–water partition coefficient (Wildman–Crippen LogP) is 7.57. The van der Waals surface area contributed by atoms with Gasteiger partial charge in [-0.15, -0.1) is 0 Å². The highest BCUT2D eigenvalue weighted by Crippen LogP contribution is 2.36. The maximum Gasteiger partial charge on any atom is 0.307 e. The average Bonchev–Trinajstić information content (AvgIpc) is 2.92. The summed E-state index contributed by atoms with van der Waals surface area (Å²) in [5.74, 6) is 0.143. The molecule has 3 atom stereocenters. The van der Waals surface area contributed by atoms with E-state index in [0.29, 0.717) is 6.42 Å². The largest absolute Gasteiger partial charge is 0.462 e. The molecular weight excluding hydrogens is 442 g/mol. The SMILES string of the molecule is CC(CC(=O)O[C@@H]1CCCC[C@H]1c1ccc2ccccc2c1)NC(c1ccccc1)c1ccccc1. The number of hydrogen-bond donors (Lipinski definition) is 1. The van der Waals surface area contributed by atoms with Crippen molar-refractivity contribution in [2.24, 2.45) is 0 Å². The molecule has 1 N–H and O–H groups in total. The van der Waals surface area contributed by atoms with Crippen LogP contribution in [0.3, 0.4) is 0 Å². The Morgan fingerprint density at radius 1 is 0.806 bits per heavy atom. The molecule has 0 heterocycles. The molecule has 1 unspecified atom stereocenters. The normalized spacial score (nSPS) is 18.7. The number of hydrogen-bond acceptors (Lipinski definition) is 3. The van der Waals surface area contributed by atoms with Gasteiger partial charge >= 0.3 is 5.97 Å². The third-order valence-electron chi connectivity index (χ3n) is 7.38. The Labute approximate surface area is 214 Å². The van der Waals surface area contributed by atoms with Crippen molar-refractivity contribution in [3.8, 4) is 0 Å². The van der Waals surface area contributed by atoms with Gasteiger partial charge in [0.25, 0.3) is 0 Å². The van der Waals surface area contributed by atoms with Gasteiger partial charge in [0.15, 0.2) is 0 Å². The summed E-state index contributed by atoms with van der Waals surface area (Å²) in [6.45, 7) is 2.07. The van der Waals surface area contributed by atoms with Crippen LogP contribution in [-0.4, -0.2) is 18.1 Å². The summed E-state index contributed by atoms with van der Waals surface area (Å²) in [5, 5.41) is 6.17. The second kappa shape index (κ2) is 11.5. The summed E-state index contributed by atoms with van der Waals surface area (Å²) in [6.07, 6.45) is 4.57. The molecule has 1 fully saturated rings. The molecule has 0 radical (unpaired) electrons. The van der Waals surface area contributed by atoms with Gasteiger partial charge in [0.05, 0.1) is 12.5 Å². The summed E-state index contributed by atoms with van der Waals surface area (Å²) in [5.41, 5.74) is 3.66. The van der Waals surface area contributed by atoms with E-state index in [9.17, 15) is 4.79 Å². The lowest BCUT2D eigenvalue weighted by molar-refractivity contribution is -0.152. The van der Waals surface area contributed by atoms with Crippen molar-refractivity contribution in [2.75, 3.05) is 0 Å². The number of benzene rings is 4. The molecule has 5 rings (SSSR count). The Morgan fingerprint density at radius 2 is 1.42 bits per heavy atom. The lowest BCUT2D eigenvalue weighted by atomic mass is 9.81. The number of esters is 1. The van der Waals surface area contributed by atoms with Crippen LogP contribution in [0.15, 0.2) is 103 Å². The van der Waals surface area contributed by atoms with E-state index < -0.39 is 0 Å². The zero-order valence-electron chi connectivity index (χ0n) is 21.0. The number of carbonyl (C=O) groups excluding carboxylic acids is 1. The van der Waals surface area contributed by atoms with E-state index >= 15 is 0 Å². The van der Waals surface area contributed by atoms with Crippen LogP contribution in [0.4, 0.5) is 0 Å². The van der Waals surface area contributed by atoms with E-state index in [-0.39, 0.29) is 30.1 Å². The highest BCUT2D eigenvalue weighted by atomic mass is 16.5. The third kappa shape index (κ3) is 5.85. The average molecular weight is 478 g/mol. The Bertz CT molecular complexity index is 1230. The Morgan fingerprint density at radius 3 is 2.11 bits per heavy atom. The minimum Gasteiger partial charge on any atom is -0.462 e. The smallest absolute Gasteiger partial charge is 0.307 e. The van der Waals surface area contributed by atoms with Crippen molar-refractivity contribution in [1.29, 1.82) is 0 Å². The lowest BCUT2D eigenvalue weighted by Crippen LogP contribution is -2.35. The molecule has 3 heteroatoms. The molecule has 0 saturated heterocycles. The van der Waals surface area contributed by atoms with E-state index in [2.05, 4.69) is 103 Å². The molecule has 0 amide bonds. The first-order valence-electron chi connectivity index (χ1n) is 13.2. The Balaban J connectivity index is 1.25. The van der Waals surface area contributed by atoms with E-state index in [0.717, 1.165) is 19.3 Å². The summed E-state index contributed by atoms with van der Waals surface area (Å²) >= 11 is 0. The van der Waals surface area contributed by atoms with Crippen molar-refractivity contribution in [3.63, 3.8) is 0 Å². The molecule has 184 valence electrons. The van der Waals surface area contributed by atoms with Gasteiger partial charge in [-0.3, -0.25) is 4.79 Å². The molecular formula is C33H35NO2. The number of rotatable bonds is 8. The number of fused-ring (bicyclic) bond motifs is 1. The molecule has 36 heavy (non-hydrogen) atoms. The quantitative estimate of drug-likeness (QED) is 0.266. The van der Waals surface area contributed by atoms with Crippen LogP contribution in [0.5, 0.6) is 0 Å². The standard InChI is InChI=1S/C33H35NO2/c1-24(34-33(26-13-4-2-5-14-26)27-15-6-3-7-16-27)22-32(35)36-31-19-11-10-18-30(31)29-21-20-25-12-8-9-17-28(25)23-29/h2-9,12-17,20-21,23-24,30-31,33-34H,10-11,18-19,22H2,1H3/t24?,30-,31+/m0/s1. The minimum absolute atomic E-state index is 0.0226. The van der Waals surface area contributed by atoms with E-state index in [4.69, 9.17) is 4.74 Å². The molecule has 0 aromatic heterocycles. The second-order valence-electron chi connectivity index (χ2n) is 10.1. The highest BCUT2D eigenvalue weighted by Gasteiger charge is 2.30. The monoisotopic (exact) mass is 477 g/mol. The van der Waals surface area contributed by atoms with Crippen LogP contribution >= 0.6 is 0 Å². The summed E-state index contributed by atoms with van der Waals surface area (Å²) < 4.78 is 6.16. The fourth-order valence-electron chi connectivity index (χ4n) is 5.54. The van der Waals surface area contributed by atoms with E-state index in [1.54, 1.807) is 0 Å². The van der Waals surface area contributed by atoms with Crippen molar-refractivity contribution < 1.29 is 9.53 Å². The Hall–Kier alpha value is -3.43. The fourth-order valence-corrected chi connectivity index (χ4v) is 5.54. The van der Waals surface area contributed by atoms with Crippen LogP contribution in [0.2, 0.25) is 0 Å². The van der Waals surface area contributed by atoms with E-state index in [1.807, 2.05) is 12.1 Å². The van der Waals surface area contributed by atoms with Crippen molar-refractivity contribution in [2.45, 2.75) is 63.1 Å². The van der Waals surface area contributed by atoms with Crippen molar-refractivity contribution in [3.05, 3.63) is 120 Å². The first-order chi connectivity index (χ1) is 17.7. The lowest BCUT2D eigenvalue weighted by Gasteiger charge is -2.32. The van der Waals surface area contributed by atoms with Gasteiger partial charge in [-0.2, -0.15) is 0 Å². The van der Waals surface area contributed by atoms with Crippen molar-refractivity contribution in [1.82, 2.24) is 5.32 Å². The molecule has 1 saturated carbocycles. The third-order valence-corrected chi connectivity index (χ3v) is 7.38. The fraction of sp³-hybridized carbons (Fsp3) is 0.303. The zero-order valence-corrected chi connectivity index (χ0v) is 21.0. The maximum absolute atomic E-state index is 13.1. The van der Waals surface area contributed by atoms with Gasteiger partial charge in [0, 0.05) is 12.0 Å². The van der Waals surface area contributed by atoms with Crippen molar-refractivity contribution >= 4 is 16.7 Å². The summed E-state index contributed by atoms with van der Waals surface area (Å²) in [4.78, 5) is 13.1. The second-order valence-corrected chi connectivity index (χ2v) is 10.1. The first-order valence-corrected chi connectivity index (χ1v) is 13.2. The molecule has 3 nitrogen and oxygen atoms in total. The van der Waals surface area contributed by atoms with Gasteiger partial charge in [0.1, 0.15) is 6.10 Å². The number of nitrogens with one attached hydrogen (secondary N) is 1. The van der Waals surface area contributed by atoms with Gasteiger partial charge in [-0.05, 0) is 53.6 Å². The molecule has 1 aliphatic rings. The topological polar surface area (TPSA) is 38.3 Å². The molecule has 0 aliphatic heterocycles. The van der Waals surface area contributed by atoms with Crippen LogP contribution in [0.1, 0.15) is 67.7 Å². The van der Waals surface area contributed by atoms with Gasteiger partial charge < -0.3 is 10.1 Å². The van der Waals surface area contributed by atoms with Gasteiger partial charge in [-0.1, -0.05) is 110 Å². The number of carbonyl (C=O) groups is 1. The summed E-state index contributed by atoms with van der Waals surface area (Å²) in [6, 6.07) is 36.0. The molecule has 1 aliphatic carbocycles. The van der Waals surface area contributed by atoms with Crippen LogP contribution in [0, 0.1) is 0 Å². The first kappa shape index (κ1) is 24.3. The Kier molecular flexibility index (Phi) is 7.78. The minimum atomic E-state index is -0.118.